The van der Waals surface area contributed by atoms with Crippen LogP contribution in [0.4, 0.5) is 0 Å². The van der Waals surface area contributed by atoms with Crippen LogP contribution in [-0.2, 0) is 20.7 Å². The second-order valence-electron chi connectivity index (χ2n) is 6.35. The number of rotatable bonds is 4. The van der Waals surface area contributed by atoms with Gasteiger partial charge in [-0.3, -0.25) is 9.59 Å². The standard InChI is InChI=1S/C18H25NO5/c1-6-23-14(20)9-19-17(22)18(5)8-7-13-12(4)15(21)10(2)11(3)16(13)24-18/h21H,6-9H2,1-5H3,(H,19,22). The average molecular weight is 335 g/mol. The molecule has 24 heavy (non-hydrogen) atoms. The number of benzene rings is 1. The molecular formula is C18H25NO5. The van der Waals surface area contributed by atoms with E-state index in [1.165, 1.54) is 0 Å². The number of esters is 1. The Morgan fingerprint density at radius 3 is 2.54 bits per heavy atom. The first-order chi connectivity index (χ1) is 11.2. The first-order valence-electron chi connectivity index (χ1n) is 8.15. The number of carbonyl (C=O) groups excluding carboxylic acids is 2. The van der Waals surface area contributed by atoms with E-state index in [4.69, 9.17) is 9.47 Å². The van der Waals surface area contributed by atoms with Gasteiger partial charge in [-0.2, -0.15) is 0 Å². The highest BCUT2D eigenvalue weighted by molar-refractivity contribution is 5.88. The second-order valence-corrected chi connectivity index (χ2v) is 6.35. The van der Waals surface area contributed by atoms with Crippen LogP contribution in [0.2, 0.25) is 0 Å². The molecule has 0 aromatic heterocycles. The summed E-state index contributed by atoms with van der Waals surface area (Å²) in [5.74, 6) is 0.121. The van der Waals surface area contributed by atoms with Crippen molar-refractivity contribution in [2.45, 2.75) is 53.1 Å². The van der Waals surface area contributed by atoms with Gasteiger partial charge in [0, 0.05) is 12.0 Å². The summed E-state index contributed by atoms with van der Waals surface area (Å²) in [6, 6.07) is 0. The summed E-state index contributed by atoms with van der Waals surface area (Å²) in [6.45, 7) is 9.08. The van der Waals surface area contributed by atoms with Crippen molar-refractivity contribution >= 4 is 11.9 Å². The van der Waals surface area contributed by atoms with Crippen LogP contribution in [0.15, 0.2) is 0 Å². The van der Waals surface area contributed by atoms with Gasteiger partial charge in [0.15, 0.2) is 5.60 Å². The fraction of sp³-hybridized carbons (Fsp3) is 0.556. The number of phenolic OH excluding ortho intramolecular Hbond substituents is 1. The highest BCUT2D eigenvalue weighted by Crippen LogP contribution is 2.43. The summed E-state index contributed by atoms with van der Waals surface area (Å²) >= 11 is 0. The summed E-state index contributed by atoms with van der Waals surface area (Å²) in [6.07, 6.45) is 1.09. The summed E-state index contributed by atoms with van der Waals surface area (Å²) in [5.41, 5.74) is 2.26. The van der Waals surface area contributed by atoms with E-state index in [0.29, 0.717) is 18.6 Å². The van der Waals surface area contributed by atoms with Gasteiger partial charge in [-0.05, 0) is 57.7 Å². The van der Waals surface area contributed by atoms with Gasteiger partial charge in [0.25, 0.3) is 5.91 Å². The number of hydrogen-bond donors (Lipinski definition) is 2. The molecule has 0 saturated heterocycles. The smallest absolute Gasteiger partial charge is 0.325 e. The molecule has 132 valence electrons. The van der Waals surface area contributed by atoms with E-state index in [9.17, 15) is 14.7 Å². The fourth-order valence-electron chi connectivity index (χ4n) is 2.96. The second kappa shape index (κ2) is 6.71. The molecule has 0 saturated carbocycles. The summed E-state index contributed by atoms with van der Waals surface area (Å²) in [5, 5.41) is 12.8. The van der Waals surface area contributed by atoms with Crippen molar-refractivity contribution < 1.29 is 24.2 Å². The van der Waals surface area contributed by atoms with Crippen molar-refractivity contribution in [3.05, 3.63) is 22.3 Å². The number of hydrogen-bond acceptors (Lipinski definition) is 5. The Kier molecular flexibility index (Phi) is 5.06. The summed E-state index contributed by atoms with van der Waals surface area (Å²) < 4.78 is 10.9. The zero-order valence-electron chi connectivity index (χ0n) is 14.9. The van der Waals surface area contributed by atoms with Gasteiger partial charge in [0.2, 0.25) is 0 Å². The number of carbonyl (C=O) groups is 2. The summed E-state index contributed by atoms with van der Waals surface area (Å²) in [4.78, 5) is 23.9. The Bertz CT molecular complexity index is 683. The fourth-order valence-corrected chi connectivity index (χ4v) is 2.96. The normalized spacial score (nSPS) is 19.2. The van der Waals surface area contributed by atoms with Gasteiger partial charge in [0.1, 0.15) is 18.0 Å². The molecule has 0 spiro atoms. The first-order valence-corrected chi connectivity index (χ1v) is 8.15. The van der Waals surface area contributed by atoms with Crippen LogP contribution in [0.5, 0.6) is 11.5 Å². The molecule has 0 aliphatic carbocycles. The lowest BCUT2D eigenvalue weighted by Crippen LogP contribution is -2.52. The van der Waals surface area contributed by atoms with E-state index in [-0.39, 0.29) is 24.8 Å². The van der Waals surface area contributed by atoms with Crippen LogP contribution in [0.25, 0.3) is 0 Å². The van der Waals surface area contributed by atoms with Crippen LogP contribution >= 0.6 is 0 Å². The van der Waals surface area contributed by atoms with Crippen molar-refractivity contribution in [2.24, 2.45) is 0 Å². The Morgan fingerprint density at radius 1 is 1.25 bits per heavy atom. The van der Waals surface area contributed by atoms with Crippen molar-refractivity contribution in [1.82, 2.24) is 5.32 Å². The van der Waals surface area contributed by atoms with Gasteiger partial charge in [-0.1, -0.05) is 0 Å². The minimum atomic E-state index is -1.06. The highest BCUT2D eigenvalue weighted by Gasteiger charge is 2.40. The molecule has 2 N–H and O–H groups in total. The topological polar surface area (TPSA) is 84.9 Å². The SMILES string of the molecule is CCOC(=O)CNC(=O)C1(C)CCc2c(C)c(O)c(C)c(C)c2O1. The van der Waals surface area contributed by atoms with E-state index in [1.807, 2.05) is 20.8 Å². The molecular weight excluding hydrogens is 310 g/mol. The molecule has 1 unspecified atom stereocenters. The van der Waals surface area contributed by atoms with E-state index in [0.717, 1.165) is 22.3 Å². The minimum absolute atomic E-state index is 0.175. The molecule has 1 heterocycles. The van der Waals surface area contributed by atoms with E-state index in [1.54, 1.807) is 13.8 Å². The van der Waals surface area contributed by atoms with Crippen molar-refractivity contribution in [3.63, 3.8) is 0 Å². The van der Waals surface area contributed by atoms with Gasteiger partial charge in [-0.15, -0.1) is 0 Å². The number of phenols is 1. The largest absolute Gasteiger partial charge is 0.507 e. The van der Waals surface area contributed by atoms with Crippen LogP contribution in [0, 0.1) is 20.8 Å². The lowest BCUT2D eigenvalue weighted by Gasteiger charge is -2.36. The van der Waals surface area contributed by atoms with Gasteiger partial charge in [0.05, 0.1) is 6.61 Å². The van der Waals surface area contributed by atoms with Gasteiger partial charge < -0.3 is 19.9 Å². The van der Waals surface area contributed by atoms with Crippen molar-refractivity contribution in [2.75, 3.05) is 13.2 Å². The lowest BCUT2D eigenvalue weighted by molar-refractivity contribution is -0.146. The highest BCUT2D eigenvalue weighted by atomic mass is 16.5. The third kappa shape index (κ3) is 3.18. The Balaban J connectivity index is 2.22. The lowest BCUT2D eigenvalue weighted by atomic mass is 9.86. The van der Waals surface area contributed by atoms with Gasteiger partial charge >= 0.3 is 5.97 Å². The molecule has 1 amide bonds. The third-order valence-corrected chi connectivity index (χ3v) is 4.70. The average Bonchev–Trinajstić information content (AvgIpc) is 2.56. The maximum Gasteiger partial charge on any atom is 0.325 e. The molecule has 6 nitrogen and oxygen atoms in total. The number of ether oxygens (including phenoxy) is 2. The van der Waals surface area contributed by atoms with Crippen molar-refractivity contribution in [3.8, 4) is 11.5 Å². The van der Waals surface area contributed by atoms with Crippen LogP contribution in [-0.4, -0.2) is 35.7 Å². The molecule has 1 aliphatic rings. The zero-order chi connectivity index (χ0) is 18.1. The molecule has 6 heteroatoms. The predicted octanol–water partition coefficient (Wildman–Crippen LogP) is 2.08. The monoisotopic (exact) mass is 335 g/mol. The molecule has 2 rings (SSSR count). The van der Waals surface area contributed by atoms with E-state index >= 15 is 0 Å². The van der Waals surface area contributed by atoms with Gasteiger partial charge in [-0.25, -0.2) is 0 Å². The van der Waals surface area contributed by atoms with Crippen molar-refractivity contribution in [1.29, 1.82) is 0 Å². The first kappa shape index (κ1) is 18.1. The zero-order valence-corrected chi connectivity index (χ0v) is 14.9. The molecule has 0 bridgehead atoms. The van der Waals surface area contributed by atoms with Crippen LogP contribution in [0.3, 0.4) is 0 Å². The number of fused-ring (bicyclic) bond motifs is 1. The predicted molar refractivity (Wildman–Crippen MR) is 89.3 cm³/mol. The quantitative estimate of drug-likeness (QED) is 0.823. The maximum absolute atomic E-state index is 12.5. The molecule has 0 fully saturated rings. The minimum Gasteiger partial charge on any atom is -0.507 e. The van der Waals surface area contributed by atoms with E-state index in [2.05, 4.69) is 5.32 Å². The number of nitrogens with one attached hydrogen (secondary N) is 1. The molecule has 1 aromatic carbocycles. The van der Waals surface area contributed by atoms with E-state index < -0.39 is 11.6 Å². The Hall–Kier alpha value is -2.24. The molecule has 1 atom stereocenters. The Morgan fingerprint density at radius 2 is 1.92 bits per heavy atom. The van der Waals surface area contributed by atoms with Crippen LogP contribution in [0.1, 0.15) is 42.5 Å². The molecule has 1 aromatic rings. The molecule has 1 aliphatic heterocycles. The van der Waals surface area contributed by atoms with Crippen LogP contribution < -0.4 is 10.1 Å². The number of aromatic hydroxyl groups is 1. The molecule has 0 radical (unpaired) electrons. The Labute approximate surface area is 142 Å². The maximum atomic E-state index is 12.5. The summed E-state index contributed by atoms with van der Waals surface area (Å²) in [7, 11) is 0. The number of amides is 1. The third-order valence-electron chi connectivity index (χ3n) is 4.70.